The van der Waals surface area contributed by atoms with Crippen molar-refractivity contribution in [2.45, 2.75) is 18.6 Å². The van der Waals surface area contributed by atoms with E-state index in [1.807, 2.05) is 41.4 Å². The molecule has 33 heavy (non-hydrogen) atoms. The standard InChI is InChI=1S/C26H24FN3O3/c1-32-24-15-18(6-11-23(24)20-4-2-12-28-16-20)14-19-5-3-13-30-25(19)29-33-26(30,17-31)21-7-9-22(27)10-8-21/h2,4,6-12,14-16,31H,3,5,13,17H2,1H3/b19-14+. The Morgan fingerprint density at radius 3 is 2.79 bits per heavy atom. The van der Waals surface area contributed by atoms with Crippen LogP contribution in [-0.2, 0) is 10.6 Å². The highest BCUT2D eigenvalue weighted by Crippen LogP contribution is 2.40. The minimum Gasteiger partial charge on any atom is -0.496 e. The van der Waals surface area contributed by atoms with Crippen LogP contribution in [0, 0.1) is 5.82 Å². The number of hydrogen-bond donors (Lipinski definition) is 1. The van der Waals surface area contributed by atoms with Gasteiger partial charge in [0.1, 0.15) is 18.2 Å². The number of hydrogen-bond acceptors (Lipinski definition) is 6. The summed E-state index contributed by atoms with van der Waals surface area (Å²) < 4.78 is 19.1. The normalized spacial score (nSPS) is 20.9. The maximum Gasteiger partial charge on any atom is 0.260 e. The number of pyridine rings is 1. The summed E-state index contributed by atoms with van der Waals surface area (Å²) in [6, 6.07) is 15.9. The van der Waals surface area contributed by atoms with E-state index in [0.29, 0.717) is 17.9 Å². The van der Waals surface area contributed by atoms with Gasteiger partial charge in [0, 0.05) is 35.6 Å². The molecular formula is C26H24FN3O3. The number of aliphatic hydroxyl groups is 1. The zero-order valence-corrected chi connectivity index (χ0v) is 18.2. The van der Waals surface area contributed by atoms with E-state index < -0.39 is 5.72 Å². The van der Waals surface area contributed by atoms with Gasteiger partial charge in [0.15, 0.2) is 5.84 Å². The average Bonchev–Trinajstić information content (AvgIpc) is 3.26. The van der Waals surface area contributed by atoms with Gasteiger partial charge in [-0.25, -0.2) is 4.39 Å². The second-order valence-corrected chi connectivity index (χ2v) is 8.08. The summed E-state index contributed by atoms with van der Waals surface area (Å²) in [5, 5.41) is 14.6. The fraction of sp³-hybridized carbons (Fsp3) is 0.231. The van der Waals surface area contributed by atoms with Gasteiger partial charge in [-0.15, -0.1) is 0 Å². The minimum absolute atomic E-state index is 0.299. The van der Waals surface area contributed by atoms with Gasteiger partial charge in [-0.3, -0.25) is 4.98 Å². The van der Waals surface area contributed by atoms with Crippen molar-refractivity contribution in [1.82, 2.24) is 9.88 Å². The van der Waals surface area contributed by atoms with Crippen LogP contribution in [0.1, 0.15) is 24.0 Å². The zero-order valence-electron chi connectivity index (χ0n) is 18.2. The van der Waals surface area contributed by atoms with Gasteiger partial charge in [0.05, 0.1) is 7.11 Å². The first kappa shape index (κ1) is 21.2. The van der Waals surface area contributed by atoms with Crippen LogP contribution < -0.4 is 4.74 Å². The van der Waals surface area contributed by atoms with Crippen LogP contribution in [0.3, 0.4) is 0 Å². The molecule has 168 valence electrons. The Kier molecular flexibility index (Phi) is 5.56. The molecular weight excluding hydrogens is 421 g/mol. The molecule has 0 saturated carbocycles. The molecule has 1 saturated heterocycles. The smallest absolute Gasteiger partial charge is 0.260 e. The number of methoxy groups -OCH3 is 1. The summed E-state index contributed by atoms with van der Waals surface area (Å²) in [7, 11) is 1.65. The van der Waals surface area contributed by atoms with Gasteiger partial charge in [-0.1, -0.05) is 23.4 Å². The van der Waals surface area contributed by atoms with Crippen molar-refractivity contribution in [2.24, 2.45) is 5.16 Å². The van der Waals surface area contributed by atoms with Gasteiger partial charge < -0.3 is 19.6 Å². The lowest BCUT2D eigenvalue weighted by Crippen LogP contribution is -2.51. The Hall–Kier alpha value is -3.71. The fourth-order valence-electron chi connectivity index (χ4n) is 4.47. The lowest BCUT2D eigenvalue weighted by Gasteiger charge is -2.38. The van der Waals surface area contributed by atoms with Crippen LogP contribution in [0.2, 0.25) is 0 Å². The first-order valence-electron chi connectivity index (χ1n) is 10.8. The van der Waals surface area contributed by atoms with Crippen molar-refractivity contribution in [2.75, 3.05) is 20.3 Å². The number of halogens is 1. The number of piperidine rings is 1. The Balaban J connectivity index is 1.47. The van der Waals surface area contributed by atoms with Crippen LogP contribution in [0.25, 0.3) is 17.2 Å². The number of nitrogens with zero attached hydrogens (tertiary/aromatic N) is 3. The van der Waals surface area contributed by atoms with Crippen molar-refractivity contribution in [3.8, 4) is 16.9 Å². The lowest BCUT2D eigenvalue weighted by atomic mass is 9.94. The third kappa shape index (κ3) is 3.74. The van der Waals surface area contributed by atoms with Crippen molar-refractivity contribution in [3.05, 3.63) is 89.5 Å². The molecule has 7 heteroatoms. The first-order valence-corrected chi connectivity index (χ1v) is 10.8. The second-order valence-electron chi connectivity index (χ2n) is 8.08. The average molecular weight is 445 g/mol. The Labute approximate surface area is 191 Å². The molecule has 1 fully saturated rings. The summed E-state index contributed by atoms with van der Waals surface area (Å²) >= 11 is 0. The molecule has 0 aliphatic carbocycles. The van der Waals surface area contributed by atoms with E-state index in [-0.39, 0.29) is 12.4 Å². The quantitative estimate of drug-likeness (QED) is 0.624. The summed E-state index contributed by atoms with van der Waals surface area (Å²) in [6.07, 6.45) is 7.33. The molecule has 5 rings (SSSR count). The van der Waals surface area contributed by atoms with E-state index in [9.17, 15) is 9.50 Å². The molecule has 1 N–H and O–H groups in total. The summed E-state index contributed by atoms with van der Waals surface area (Å²) in [6.45, 7) is 0.379. The second kappa shape index (κ2) is 8.67. The summed E-state index contributed by atoms with van der Waals surface area (Å²) in [5.74, 6) is 1.11. The topological polar surface area (TPSA) is 67.2 Å². The molecule has 1 atom stereocenters. The molecule has 3 aromatic rings. The number of aliphatic hydroxyl groups excluding tert-OH is 1. The Morgan fingerprint density at radius 1 is 1.21 bits per heavy atom. The van der Waals surface area contributed by atoms with Gasteiger partial charge in [-0.05, 0) is 66.5 Å². The Bertz CT molecular complexity index is 1210. The molecule has 2 aliphatic rings. The number of rotatable bonds is 5. The van der Waals surface area contributed by atoms with Crippen LogP contribution in [-0.4, -0.2) is 41.1 Å². The van der Waals surface area contributed by atoms with Crippen molar-refractivity contribution in [3.63, 3.8) is 0 Å². The fourth-order valence-corrected chi connectivity index (χ4v) is 4.47. The van der Waals surface area contributed by atoms with Gasteiger partial charge in [0.2, 0.25) is 0 Å². The Morgan fingerprint density at radius 2 is 2.06 bits per heavy atom. The van der Waals surface area contributed by atoms with Gasteiger partial charge in [0.25, 0.3) is 5.72 Å². The molecule has 3 heterocycles. The molecule has 1 aromatic heterocycles. The van der Waals surface area contributed by atoms with Crippen LogP contribution in [0.4, 0.5) is 4.39 Å². The van der Waals surface area contributed by atoms with Crippen molar-refractivity contribution >= 4 is 11.9 Å². The molecule has 0 amide bonds. The molecule has 1 unspecified atom stereocenters. The molecule has 0 radical (unpaired) electrons. The van der Waals surface area contributed by atoms with Crippen LogP contribution in [0.5, 0.6) is 5.75 Å². The van der Waals surface area contributed by atoms with Crippen molar-refractivity contribution in [1.29, 1.82) is 0 Å². The molecule has 6 nitrogen and oxygen atoms in total. The number of amidine groups is 1. The SMILES string of the molecule is COc1cc(/C=C2\CCCN3C2=NOC3(CO)c2ccc(F)cc2)ccc1-c1cccnc1. The number of fused-ring (bicyclic) bond motifs is 1. The van der Waals surface area contributed by atoms with E-state index >= 15 is 0 Å². The monoisotopic (exact) mass is 445 g/mol. The third-order valence-corrected chi connectivity index (χ3v) is 6.14. The number of benzene rings is 2. The van der Waals surface area contributed by atoms with Gasteiger partial charge >= 0.3 is 0 Å². The lowest BCUT2D eigenvalue weighted by molar-refractivity contribution is -0.137. The highest BCUT2D eigenvalue weighted by Gasteiger charge is 2.49. The largest absolute Gasteiger partial charge is 0.496 e. The van der Waals surface area contributed by atoms with Crippen LogP contribution >= 0.6 is 0 Å². The maximum absolute atomic E-state index is 13.5. The maximum atomic E-state index is 13.5. The zero-order chi connectivity index (χ0) is 22.8. The number of oxime groups is 1. The summed E-state index contributed by atoms with van der Waals surface area (Å²) in [5.41, 5.74) is 3.45. The summed E-state index contributed by atoms with van der Waals surface area (Å²) in [4.78, 5) is 12.0. The molecule has 2 aromatic carbocycles. The van der Waals surface area contributed by atoms with Gasteiger partial charge in [-0.2, -0.15) is 0 Å². The minimum atomic E-state index is -1.15. The number of aromatic nitrogens is 1. The van der Waals surface area contributed by atoms with E-state index in [0.717, 1.165) is 40.9 Å². The first-order chi connectivity index (χ1) is 16.1. The van der Waals surface area contributed by atoms with E-state index in [2.05, 4.69) is 16.2 Å². The van der Waals surface area contributed by atoms with Crippen molar-refractivity contribution < 1.29 is 19.1 Å². The van der Waals surface area contributed by atoms with Crippen LogP contribution in [0.15, 0.2) is 77.7 Å². The molecule has 0 spiro atoms. The molecule has 0 bridgehead atoms. The third-order valence-electron chi connectivity index (χ3n) is 6.14. The predicted molar refractivity (Wildman–Crippen MR) is 124 cm³/mol. The van der Waals surface area contributed by atoms with E-state index in [1.54, 1.807) is 25.4 Å². The van der Waals surface area contributed by atoms with E-state index in [4.69, 9.17) is 9.57 Å². The molecule has 2 aliphatic heterocycles. The highest BCUT2D eigenvalue weighted by molar-refractivity contribution is 6.03. The predicted octanol–water partition coefficient (Wildman–Crippen LogP) is 4.56. The van der Waals surface area contributed by atoms with E-state index in [1.165, 1.54) is 12.1 Å². The number of ether oxygens (including phenoxy) is 1. The highest BCUT2D eigenvalue weighted by atomic mass is 19.1.